The van der Waals surface area contributed by atoms with Crippen molar-refractivity contribution in [2.24, 2.45) is 5.92 Å². The van der Waals surface area contributed by atoms with Gasteiger partial charge in [-0.3, -0.25) is 14.4 Å². The van der Waals surface area contributed by atoms with Gasteiger partial charge in [-0.05, 0) is 25.2 Å². The Labute approximate surface area is 323 Å². The molecule has 0 saturated carbocycles. The van der Waals surface area contributed by atoms with Crippen LogP contribution in [0.3, 0.4) is 0 Å². The van der Waals surface area contributed by atoms with E-state index in [-0.39, 0.29) is 31.1 Å². The third-order valence-corrected chi connectivity index (χ3v) is 10.7. The van der Waals surface area contributed by atoms with Crippen LogP contribution >= 0.6 is 0 Å². The van der Waals surface area contributed by atoms with Crippen molar-refractivity contribution in [3.05, 3.63) is 0 Å². The van der Waals surface area contributed by atoms with Gasteiger partial charge >= 0.3 is 17.9 Å². The predicted molar refractivity (Wildman–Crippen MR) is 220 cm³/mol. The van der Waals surface area contributed by atoms with Gasteiger partial charge in [0.25, 0.3) is 0 Å². The number of carbonyl (C=O) groups is 3. The maximum atomic E-state index is 12.7. The van der Waals surface area contributed by atoms with Crippen LogP contribution in [0, 0.1) is 5.92 Å². The van der Waals surface area contributed by atoms with Crippen molar-refractivity contribution in [2.75, 3.05) is 13.2 Å². The molecular weight excluding hydrogens is 648 g/mol. The van der Waals surface area contributed by atoms with E-state index < -0.39 is 6.10 Å². The molecule has 0 aliphatic rings. The Morgan fingerprint density at radius 1 is 0.385 bits per heavy atom. The first-order chi connectivity index (χ1) is 25.4. The average molecular weight is 737 g/mol. The van der Waals surface area contributed by atoms with E-state index in [1.807, 2.05) is 0 Å². The van der Waals surface area contributed by atoms with Crippen molar-refractivity contribution in [3.63, 3.8) is 0 Å². The maximum absolute atomic E-state index is 12.7. The molecule has 0 amide bonds. The van der Waals surface area contributed by atoms with Crippen LogP contribution in [0.1, 0.15) is 252 Å². The van der Waals surface area contributed by atoms with Crippen LogP contribution in [-0.2, 0) is 28.6 Å². The number of rotatable bonds is 41. The first-order valence-corrected chi connectivity index (χ1v) is 22.9. The zero-order chi connectivity index (χ0) is 38.2. The van der Waals surface area contributed by atoms with E-state index in [0.717, 1.165) is 63.7 Å². The summed E-state index contributed by atoms with van der Waals surface area (Å²) in [7, 11) is 0. The molecule has 6 heteroatoms. The van der Waals surface area contributed by atoms with Crippen LogP contribution in [0.5, 0.6) is 0 Å². The summed E-state index contributed by atoms with van der Waals surface area (Å²) in [6, 6.07) is 0. The predicted octanol–water partition coefficient (Wildman–Crippen LogP) is 14.3. The minimum absolute atomic E-state index is 0.0643. The minimum Gasteiger partial charge on any atom is -0.462 e. The molecule has 0 bridgehead atoms. The van der Waals surface area contributed by atoms with Crippen LogP contribution < -0.4 is 0 Å². The van der Waals surface area contributed by atoms with Crippen LogP contribution in [-0.4, -0.2) is 37.2 Å². The van der Waals surface area contributed by atoms with Crippen molar-refractivity contribution in [1.29, 1.82) is 0 Å². The average Bonchev–Trinajstić information content (AvgIpc) is 3.14. The van der Waals surface area contributed by atoms with Crippen molar-refractivity contribution >= 4 is 17.9 Å². The Morgan fingerprint density at radius 3 is 1.00 bits per heavy atom. The molecule has 0 radical (unpaired) electrons. The van der Waals surface area contributed by atoms with E-state index in [9.17, 15) is 14.4 Å². The molecule has 0 aromatic heterocycles. The molecule has 0 fully saturated rings. The molecule has 308 valence electrons. The van der Waals surface area contributed by atoms with Gasteiger partial charge in [0, 0.05) is 19.3 Å². The monoisotopic (exact) mass is 737 g/mol. The highest BCUT2D eigenvalue weighted by Crippen LogP contribution is 2.16. The molecular formula is C46H88O6. The standard InChI is InChI=1S/C46H88O6/c1-5-8-10-12-14-16-18-19-20-21-23-24-29-33-37-44(47)50-40-43(52-46(49)39-35-31-25-22-17-15-13-11-9-6-2)41-51-45(48)38-34-30-27-26-28-32-36-42(4)7-3/h42-43H,5-41H2,1-4H3/t42?,43-/m1/s1. The summed E-state index contributed by atoms with van der Waals surface area (Å²) in [5, 5.41) is 0. The van der Waals surface area contributed by atoms with E-state index in [0.29, 0.717) is 19.3 Å². The van der Waals surface area contributed by atoms with Crippen LogP contribution in [0.4, 0.5) is 0 Å². The number of hydrogen-bond donors (Lipinski definition) is 0. The lowest BCUT2D eigenvalue weighted by Crippen LogP contribution is -2.30. The summed E-state index contributed by atoms with van der Waals surface area (Å²) in [5.74, 6) is -0.0431. The molecule has 0 aliphatic carbocycles. The highest BCUT2D eigenvalue weighted by molar-refractivity contribution is 5.71. The van der Waals surface area contributed by atoms with Gasteiger partial charge in [0.15, 0.2) is 6.10 Å². The van der Waals surface area contributed by atoms with Gasteiger partial charge in [0.2, 0.25) is 0 Å². The molecule has 0 rings (SSSR count). The van der Waals surface area contributed by atoms with E-state index in [1.54, 1.807) is 0 Å². The molecule has 2 atom stereocenters. The molecule has 0 heterocycles. The smallest absolute Gasteiger partial charge is 0.306 e. The van der Waals surface area contributed by atoms with Crippen molar-refractivity contribution in [2.45, 2.75) is 259 Å². The fourth-order valence-electron chi connectivity index (χ4n) is 6.77. The summed E-state index contributed by atoms with van der Waals surface area (Å²) in [4.78, 5) is 37.6. The number of ether oxygens (including phenoxy) is 3. The van der Waals surface area contributed by atoms with Crippen LogP contribution in [0.2, 0.25) is 0 Å². The second-order valence-electron chi connectivity index (χ2n) is 15.9. The highest BCUT2D eigenvalue weighted by Gasteiger charge is 2.19. The van der Waals surface area contributed by atoms with Crippen molar-refractivity contribution in [3.8, 4) is 0 Å². The fourth-order valence-corrected chi connectivity index (χ4v) is 6.77. The second-order valence-corrected chi connectivity index (χ2v) is 15.9. The third kappa shape index (κ3) is 38.1. The Balaban J connectivity index is 4.31. The van der Waals surface area contributed by atoms with Gasteiger partial charge in [-0.2, -0.15) is 0 Å². The molecule has 0 aromatic carbocycles. The summed E-state index contributed by atoms with van der Waals surface area (Å²) in [6.45, 7) is 8.96. The lowest BCUT2D eigenvalue weighted by Gasteiger charge is -2.18. The minimum atomic E-state index is -0.759. The molecule has 0 spiro atoms. The Bertz CT molecular complexity index is 783. The first-order valence-electron chi connectivity index (χ1n) is 22.9. The zero-order valence-corrected chi connectivity index (χ0v) is 35.3. The zero-order valence-electron chi connectivity index (χ0n) is 35.3. The van der Waals surface area contributed by atoms with Crippen LogP contribution in [0.25, 0.3) is 0 Å². The van der Waals surface area contributed by atoms with Gasteiger partial charge < -0.3 is 14.2 Å². The molecule has 52 heavy (non-hydrogen) atoms. The topological polar surface area (TPSA) is 78.9 Å². The van der Waals surface area contributed by atoms with Gasteiger partial charge in [-0.1, -0.05) is 214 Å². The molecule has 0 aromatic rings. The third-order valence-electron chi connectivity index (χ3n) is 10.7. The van der Waals surface area contributed by atoms with Gasteiger partial charge in [0.1, 0.15) is 13.2 Å². The SMILES string of the molecule is CCCCCCCCCCCCCCCCC(=O)OC[C@H](COC(=O)CCCCCCCCC(C)CC)OC(=O)CCCCCCCCCCCC. The summed E-state index contributed by atoms with van der Waals surface area (Å²) >= 11 is 0. The van der Waals surface area contributed by atoms with Gasteiger partial charge in [0.05, 0.1) is 0 Å². The quantitative estimate of drug-likeness (QED) is 0.0353. The normalized spacial score (nSPS) is 12.5. The van der Waals surface area contributed by atoms with Crippen molar-refractivity contribution < 1.29 is 28.6 Å². The Hall–Kier alpha value is -1.59. The van der Waals surface area contributed by atoms with Crippen molar-refractivity contribution in [1.82, 2.24) is 0 Å². The molecule has 0 aliphatic heterocycles. The molecule has 1 unspecified atom stereocenters. The van der Waals surface area contributed by atoms with E-state index in [2.05, 4.69) is 27.7 Å². The summed E-state index contributed by atoms with van der Waals surface area (Å²) < 4.78 is 16.7. The molecule has 0 saturated heterocycles. The summed E-state index contributed by atoms with van der Waals surface area (Å²) in [6.07, 6.45) is 39.4. The fraction of sp³-hybridized carbons (Fsp3) is 0.935. The summed E-state index contributed by atoms with van der Waals surface area (Å²) in [5.41, 5.74) is 0. The number of esters is 3. The number of carbonyl (C=O) groups excluding carboxylic acids is 3. The van der Waals surface area contributed by atoms with E-state index in [4.69, 9.17) is 14.2 Å². The van der Waals surface area contributed by atoms with Gasteiger partial charge in [-0.25, -0.2) is 0 Å². The largest absolute Gasteiger partial charge is 0.462 e. The van der Waals surface area contributed by atoms with E-state index in [1.165, 1.54) is 148 Å². The van der Waals surface area contributed by atoms with Crippen LogP contribution in [0.15, 0.2) is 0 Å². The Morgan fingerprint density at radius 2 is 0.673 bits per heavy atom. The lowest BCUT2D eigenvalue weighted by molar-refractivity contribution is -0.167. The molecule has 6 nitrogen and oxygen atoms in total. The number of unbranched alkanes of at least 4 members (excludes halogenated alkanes) is 27. The highest BCUT2D eigenvalue weighted by atomic mass is 16.6. The Kier molecular flexibility index (Phi) is 39.4. The lowest BCUT2D eigenvalue weighted by atomic mass is 10.00. The number of hydrogen-bond acceptors (Lipinski definition) is 6. The van der Waals surface area contributed by atoms with Gasteiger partial charge in [-0.15, -0.1) is 0 Å². The molecule has 0 N–H and O–H groups in total. The first kappa shape index (κ1) is 50.4. The second kappa shape index (κ2) is 40.6. The maximum Gasteiger partial charge on any atom is 0.306 e. The van der Waals surface area contributed by atoms with E-state index >= 15 is 0 Å².